The smallest absolute Gasteiger partial charge is 0.123 e. The number of hydrogen-bond acceptors (Lipinski definition) is 5. The van der Waals surface area contributed by atoms with Crippen LogP contribution in [0.1, 0.15) is 48.8 Å². The Balaban J connectivity index is 1.48. The fourth-order valence-corrected chi connectivity index (χ4v) is 4.90. The van der Waals surface area contributed by atoms with E-state index >= 15 is 0 Å². The van der Waals surface area contributed by atoms with E-state index in [1.165, 1.54) is 22.4 Å². The number of fused-ring (bicyclic) bond motifs is 1. The fourth-order valence-electron chi connectivity index (χ4n) is 4.90. The Labute approximate surface area is 180 Å². The molecule has 164 valence electrons. The maximum Gasteiger partial charge on any atom is 0.123 e. The molecule has 0 N–H and O–H groups in total. The summed E-state index contributed by atoms with van der Waals surface area (Å²) in [5.41, 5.74) is 6.42. The number of nitrogens with zero attached hydrogens (tertiary/aromatic N) is 4. The zero-order valence-electron chi connectivity index (χ0n) is 19.1. The van der Waals surface area contributed by atoms with E-state index in [0.29, 0.717) is 12.2 Å². The molecule has 1 aromatic heterocycles. The molecular weight excluding hydrogens is 376 g/mol. The Hall–Kier alpha value is -1.89. The third-order valence-corrected chi connectivity index (χ3v) is 6.30. The fraction of sp³-hybridized carbons (Fsp3) is 0.625. The summed E-state index contributed by atoms with van der Waals surface area (Å²) in [4.78, 5) is 4.99. The molecule has 2 atom stereocenters. The van der Waals surface area contributed by atoms with Crippen molar-refractivity contribution in [1.29, 1.82) is 0 Å². The second kappa shape index (κ2) is 9.08. The number of aromatic nitrogens is 2. The van der Waals surface area contributed by atoms with Crippen molar-refractivity contribution in [2.75, 3.05) is 26.2 Å². The molecule has 4 rings (SSSR count). The van der Waals surface area contributed by atoms with E-state index in [1.54, 1.807) is 0 Å². The molecule has 6 nitrogen and oxygen atoms in total. The molecule has 1 fully saturated rings. The molecule has 30 heavy (non-hydrogen) atoms. The minimum absolute atomic E-state index is 0.295. The Morgan fingerprint density at radius 3 is 2.53 bits per heavy atom. The first-order chi connectivity index (χ1) is 14.4. The summed E-state index contributed by atoms with van der Waals surface area (Å²) >= 11 is 0. The summed E-state index contributed by atoms with van der Waals surface area (Å²) < 4.78 is 14.1. The summed E-state index contributed by atoms with van der Waals surface area (Å²) in [6.45, 7) is 18.1. The highest BCUT2D eigenvalue weighted by atomic mass is 16.5. The van der Waals surface area contributed by atoms with Gasteiger partial charge in [-0.1, -0.05) is 6.07 Å². The largest absolute Gasteiger partial charge is 0.492 e. The molecule has 1 saturated heterocycles. The number of rotatable bonds is 5. The van der Waals surface area contributed by atoms with Gasteiger partial charge in [0.25, 0.3) is 0 Å². The van der Waals surface area contributed by atoms with E-state index in [0.717, 1.165) is 63.9 Å². The van der Waals surface area contributed by atoms with Crippen molar-refractivity contribution in [3.05, 3.63) is 46.3 Å². The highest BCUT2D eigenvalue weighted by molar-refractivity contribution is 5.38. The normalized spacial score (nSPS) is 23.1. The van der Waals surface area contributed by atoms with Crippen molar-refractivity contribution in [2.24, 2.45) is 0 Å². The van der Waals surface area contributed by atoms with Gasteiger partial charge in [-0.3, -0.25) is 14.5 Å². The topological polar surface area (TPSA) is 42.8 Å². The molecule has 6 heteroatoms. The lowest BCUT2D eigenvalue weighted by Gasteiger charge is -2.35. The van der Waals surface area contributed by atoms with Crippen LogP contribution in [-0.4, -0.2) is 58.0 Å². The predicted octanol–water partition coefficient (Wildman–Crippen LogP) is 3.52. The lowest BCUT2D eigenvalue weighted by Crippen LogP contribution is -2.44. The Morgan fingerprint density at radius 1 is 1.07 bits per heavy atom. The molecule has 0 spiro atoms. The van der Waals surface area contributed by atoms with Crippen LogP contribution in [0, 0.1) is 13.8 Å². The zero-order chi connectivity index (χ0) is 21.3. The highest BCUT2D eigenvalue weighted by Crippen LogP contribution is 2.27. The van der Waals surface area contributed by atoms with Gasteiger partial charge in [0.2, 0.25) is 0 Å². The van der Waals surface area contributed by atoms with Gasteiger partial charge in [-0.05, 0) is 52.3 Å². The van der Waals surface area contributed by atoms with Crippen molar-refractivity contribution >= 4 is 0 Å². The second-order valence-electron chi connectivity index (χ2n) is 8.92. The maximum atomic E-state index is 6.09. The van der Waals surface area contributed by atoms with Crippen molar-refractivity contribution in [1.82, 2.24) is 19.6 Å². The standard InChI is InChI=1S/C24H36N4O2/c1-6-28-20(5)23(19(4)25-28)16-26-9-10-29-24-8-7-21(11-22(24)15-26)14-27-12-17(2)30-18(3)13-27/h7-8,11,17-18H,6,9-10,12-16H2,1-5H3/t17-,18+. The zero-order valence-corrected chi connectivity index (χ0v) is 19.1. The summed E-state index contributed by atoms with van der Waals surface area (Å²) in [5.74, 6) is 1.03. The van der Waals surface area contributed by atoms with Crippen LogP contribution in [0.4, 0.5) is 0 Å². The summed E-state index contributed by atoms with van der Waals surface area (Å²) in [7, 11) is 0. The monoisotopic (exact) mass is 412 g/mol. The maximum absolute atomic E-state index is 6.09. The van der Waals surface area contributed by atoms with Crippen molar-refractivity contribution < 1.29 is 9.47 Å². The van der Waals surface area contributed by atoms with Gasteiger partial charge in [0.05, 0.1) is 17.9 Å². The van der Waals surface area contributed by atoms with Gasteiger partial charge < -0.3 is 9.47 Å². The molecule has 2 aliphatic heterocycles. The Kier molecular flexibility index (Phi) is 6.46. The van der Waals surface area contributed by atoms with E-state index in [9.17, 15) is 0 Å². The van der Waals surface area contributed by atoms with Crippen LogP contribution in [0.5, 0.6) is 5.75 Å². The highest BCUT2D eigenvalue weighted by Gasteiger charge is 2.23. The summed E-state index contributed by atoms with van der Waals surface area (Å²) in [6, 6.07) is 6.72. The summed E-state index contributed by atoms with van der Waals surface area (Å²) in [5, 5.41) is 4.70. The van der Waals surface area contributed by atoms with Gasteiger partial charge in [-0.25, -0.2) is 0 Å². The van der Waals surface area contributed by atoms with Gasteiger partial charge in [-0.15, -0.1) is 0 Å². The van der Waals surface area contributed by atoms with Crippen molar-refractivity contribution in [3.8, 4) is 5.75 Å². The lowest BCUT2D eigenvalue weighted by atomic mass is 10.1. The van der Waals surface area contributed by atoms with Crippen molar-refractivity contribution in [2.45, 2.75) is 73.0 Å². The minimum Gasteiger partial charge on any atom is -0.492 e. The number of benzene rings is 1. The van der Waals surface area contributed by atoms with Gasteiger partial charge in [0, 0.05) is 62.6 Å². The van der Waals surface area contributed by atoms with Crippen molar-refractivity contribution in [3.63, 3.8) is 0 Å². The molecule has 2 aromatic rings. The van der Waals surface area contributed by atoms with E-state index in [2.05, 4.69) is 67.3 Å². The Bertz CT molecular complexity index is 868. The first-order valence-electron chi connectivity index (χ1n) is 11.3. The SMILES string of the molecule is CCn1nc(C)c(CN2CCOc3ccc(CN4C[C@@H](C)O[C@@H](C)C4)cc3C2)c1C. The molecule has 0 saturated carbocycles. The molecule has 0 amide bonds. The molecule has 0 aliphatic carbocycles. The van der Waals surface area contributed by atoms with Gasteiger partial charge in [0.15, 0.2) is 0 Å². The molecule has 0 unspecified atom stereocenters. The molecule has 3 heterocycles. The second-order valence-corrected chi connectivity index (χ2v) is 8.92. The molecular formula is C24H36N4O2. The van der Waals surface area contributed by atoms with E-state index in [-0.39, 0.29) is 0 Å². The predicted molar refractivity (Wildman–Crippen MR) is 119 cm³/mol. The van der Waals surface area contributed by atoms with Gasteiger partial charge >= 0.3 is 0 Å². The number of morpholine rings is 1. The van der Waals surface area contributed by atoms with Gasteiger partial charge in [-0.2, -0.15) is 5.10 Å². The van der Waals surface area contributed by atoms with Crippen LogP contribution >= 0.6 is 0 Å². The van der Waals surface area contributed by atoms with Gasteiger partial charge in [0.1, 0.15) is 12.4 Å². The van der Waals surface area contributed by atoms with Crippen LogP contribution in [-0.2, 0) is 30.9 Å². The van der Waals surface area contributed by atoms with Crippen LogP contribution in [0.25, 0.3) is 0 Å². The minimum atomic E-state index is 0.295. The summed E-state index contributed by atoms with van der Waals surface area (Å²) in [6.07, 6.45) is 0.591. The lowest BCUT2D eigenvalue weighted by molar-refractivity contribution is -0.0704. The van der Waals surface area contributed by atoms with E-state index in [4.69, 9.17) is 14.6 Å². The third-order valence-electron chi connectivity index (χ3n) is 6.30. The van der Waals surface area contributed by atoms with E-state index in [1.807, 2.05) is 0 Å². The quantitative estimate of drug-likeness (QED) is 0.752. The van der Waals surface area contributed by atoms with Crippen LogP contribution < -0.4 is 4.74 Å². The average Bonchev–Trinajstić information content (AvgIpc) is 2.85. The first kappa shape index (κ1) is 21.3. The number of hydrogen-bond donors (Lipinski definition) is 0. The molecule has 0 bridgehead atoms. The first-order valence-corrected chi connectivity index (χ1v) is 11.3. The van der Waals surface area contributed by atoms with Crippen LogP contribution in [0.15, 0.2) is 18.2 Å². The molecule has 1 aromatic carbocycles. The third kappa shape index (κ3) is 4.71. The molecule has 2 aliphatic rings. The Morgan fingerprint density at radius 2 is 1.83 bits per heavy atom. The van der Waals surface area contributed by atoms with E-state index < -0.39 is 0 Å². The average molecular weight is 413 g/mol. The van der Waals surface area contributed by atoms with Crippen LogP contribution in [0.2, 0.25) is 0 Å². The van der Waals surface area contributed by atoms with Crippen LogP contribution in [0.3, 0.4) is 0 Å². The number of aryl methyl sites for hydroxylation is 2. The molecule has 0 radical (unpaired) electrons. The number of ether oxygens (including phenoxy) is 2.